The number of benzene rings is 1. The lowest BCUT2D eigenvalue weighted by atomic mass is 10.1. The van der Waals surface area contributed by atoms with Crippen molar-refractivity contribution in [1.82, 2.24) is 15.3 Å². The molecular formula is C20H24N4O. The Bertz CT molecular complexity index is 838. The van der Waals surface area contributed by atoms with Crippen LogP contribution in [0.2, 0.25) is 0 Å². The van der Waals surface area contributed by atoms with Crippen LogP contribution in [-0.2, 0) is 6.42 Å². The summed E-state index contributed by atoms with van der Waals surface area (Å²) in [6.45, 7) is 4.81. The van der Waals surface area contributed by atoms with Crippen molar-refractivity contribution in [3.63, 3.8) is 0 Å². The van der Waals surface area contributed by atoms with Crippen molar-refractivity contribution < 1.29 is 4.79 Å². The van der Waals surface area contributed by atoms with Gasteiger partial charge >= 0.3 is 0 Å². The highest BCUT2D eigenvalue weighted by Gasteiger charge is 2.08. The Hall–Kier alpha value is -2.82. The standard InChI is InChI=1S/C20H24N4O/c1-3-14(2)24-19-9-8-16(13-23-19)20(25)21-11-10-15-12-22-18-7-5-4-6-17(15)18/h4-9,12-14,22H,3,10-11H2,1-2H3,(H,21,25)(H,23,24). The molecule has 0 saturated carbocycles. The zero-order valence-electron chi connectivity index (χ0n) is 14.7. The smallest absolute Gasteiger partial charge is 0.252 e. The largest absolute Gasteiger partial charge is 0.368 e. The van der Waals surface area contributed by atoms with Crippen LogP contribution in [0.3, 0.4) is 0 Å². The van der Waals surface area contributed by atoms with Gasteiger partial charge in [0.1, 0.15) is 5.82 Å². The Labute approximate surface area is 147 Å². The van der Waals surface area contributed by atoms with Crippen LogP contribution in [0.1, 0.15) is 36.2 Å². The minimum atomic E-state index is -0.0950. The normalized spacial score (nSPS) is 12.1. The average Bonchev–Trinajstić information content (AvgIpc) is 3.05. The highest BCUT2D eigenvalue weighted by Crippen LogP contribution is 2.17. The van der Waals surface area contributed by atoms with E-state index >= 15 is 0 Å². The molecule has 1 aromatic carbocycles. The van der Waals surface area contributed by atoms with Gasteiger partial charge in [0.15, 0.2) is 0 Å². The van der Waals surface area contributed by atoms with Crippen LogP contribution in [0.15, 0.2) is 48.8 Å². The lowest BCUT2D eigenvalue weighted by Gasteiger charge is -2.12. The van der Waals surface area contributed by atoms with Crippen LogP contribution in [0.5, 0.6) is 0 Å². The highest BCUT2D eigenvalue weighted by atomic mass is 16.1. The van der Waals surface area contributed by atoms with Crippen LogP contribution >= 0.6 is 0 Å². The second-order valence-corrected chi connectivity index (χ2v) is 6.25. The van der Waals surface area contributed by atoms with Gasteiger partial charge in [-0.15, -0.1) is 0 Å². The predicted octanol–water partition coefficient (Wildman–Crippen LogP) is 3.75. The Morgan fingerprint density at radius 3 is 2.84 bits per heavy atom. The van der Waals surface area contributed by atoms with Gasteiger partial charge in [-0.05, 0) is 43.5 Å². The summed E-state index contributed by atoms with van der Waals surface area (Å²) >= 11 is 0. The van der Waals surface area contributed by atoms with E-state index in [1.165, 1.54) is 10.9 Å². The topological polar surface area (TPSA) is 69.8 Å². The van der Waals surface area contributed by atoms with Crippen molar-refractivity contribution in [2.45, 2.75) is 32.7 Å². The molecule has 3 aromatic rings. The average molecular weight is 336 g/mol. The third-order valence-corrected chi connectivity index (χ3v) is 4.39. The molecule has 0 aliphatic carbocycles. The molecular weight excluding hydrogens is 312 g/mol. The van der Waals surface area contributed by atoms with Crippen LogP contribution in [-0.4, -0.2) is 28.5 Å². The molecule has 130 valence electrons. The SMILES string of the molecule is CCC(C)Nc1ccc(C(=O)NCCc2c[nH]c3ccccc23)cn1. The lowest BCUT2D eigenvalue weighted by molar-refractivity contribution is 0.0954. The van der Waals surface area contributed by atoms with Gasteiger partial charge in [-0.3, -0.25) is 4.79 Å². The van der Waals surface area contributed by atoms with Crippen LogP contribution in [0.25, 0.3) is 10.9 Å². The molecule has 5 heteroatoms. The van der Waals surface area contributed by atoms with E-state index in [4.69, 9.17) is 0 Å². The van der Waals surface area contributed by atoms with E-state index in [9.17, 15) is 4.79 Å². The second kappa shape index (κ2) is 7.83. The number of nitrogens with zero attached hydrogens (tertiary/aromatic N) is 1. The zero-order chi connectivity index (χ0) is 17.6. The number of hydrogen-bond acceptors (Lipinski definition) is 3. The van der Waals surface area contributed by atoms with Crippen molar-refractivity contribution in [2.75, 3.05) is 11.9 Å². The Morgan fingerprint density at radius 2 is 2.08 bits per heavy atom. The number of para-hydroxylation sites is 1. The first-order valence-electron chi connectivity index (χ1n) is 8.73. The second-order valence-electron chi connectivity index (χ2n) is 6.25. The van der Waals surface area contributed by atoms with Gasteiger partial charge in [0.05, 0.1) is 5.56 Å². The Kier molecular flexibility index (Phi) is 5.33. The van der Waals surface area contributed by atoms with Crippen molar-refractivity contribution in [3.8, 4) is 0 Å². The number of carbonyl (C=O) groups is 1. The molecule has 2 aromatic heterocycles. The number of fused-ring (bicyclic) bond motifs is 1. The van der Waals surface area contributed by atoms with Crippen LogP contribution < -0.4 is 10.6 Å². The van der Waals surface area contributed by atoms with Gasteiger partial charge < -0.3 is 15.6 Å². The van der Waals surface area contributed by atoms with E-state index in [0.717, 1.165) is 24.2 Å². The molecule has 0 spiro atoms. The minimum Gasteiger partial charge on any atom is -0.368 e. The predicted molar refractivity (Wildman–Crippen MR) is 102 cm³/mol. The first-order chi connectivity index (χ1) is 12.2. The zero-order valence-corrected chi connectivity index (χ0v) is 14.7. The molecule has 2 heterocycles. The number of aromatic amines is 1. The molecule has 1 atom stereocenters. The highest BCUT2D eigenvalue weighted by molar-refractivity contribution is 5.94. The molecule has 25 heavy (non-hydrogen) atoms. The number of amides is 1. The number of hydrogen-bond donors (Lipinski definition) is 3. The quantitative estimate of drug-likeness (QED) is 0.615. The number of aromatic nitrogens is 2. The van der Waals surface area contributed by atoms with E-state index in [2.05, 4.69) is 46.6 Å². The Morgan fingerprint density at radius 1 is 1.24 bits per heavy atom. The van der Waals surface area contributed by atoms with Gasteiger partial charge in [0.2, 0.25) is 0 Å². The van der Waals surface area contributed by atoms with Gasteiger partial charge in [-0.1, -0.05) is 25.1 Å². The molecule has 0 aliphatic heterocycles. The fourth-order valence-electron chi connectivity index (χ4n) is 2.72. The third kappa shape index (κ3) is 4.18. The number of anilines is 1. The van der Waals surface area contributed by atoms with E-state index < -0.39 is 0 Å². The molecule has 0 bridgehead atoms. The molecule has 0 aliphatic rings. The van der Waals surface area contributed by atoms with Crippen molar-refractivity contribution in [3.05, 3.63) is 59.9 Å². The molecule has 3 N–H and O–H groups in total. The monoisotopic (exact) mass is 336 g/mol. The van der Waals surface area contributed by atoms with Crippen molar-refractivity contribution >= 4 is 22.6 Å². The number of carbonyl (C=O) groups excluding carboxylic acids is 1. The van der Waals surface area contributed by atoms with E-state index in [1.807, 2.05) is 24.4 Å². The fraction of sp³-hybridized carbons (Fsp3) is 0.300. The lowest BCUT2D eigenvalue weighted by Crippen LogP contribution is -2.25. The van der Waals surface area contributed by atoms with E-state index in [-0.39, 0.29) is 5.91 Å². The summed E-state index contributed by atoms with van der Waals surface area (Å²) in [6.07, 6.45) is 5.44. The molecule has 3 rings (SSSR count). The maximum absolute atomic E-state index is 12.2. The van der Waals surface area contributed by atoms with Gasteiger partial charge in [0.25, 0.3) is 5.91 Å². The number of H-pyrrole nitrogens is 1. The summed E-state index contributed by atoms with van der Waals surface area (Å²) in [5, 5.41) is 7.46. The van der Waals surface area contributed by atoms with Crippen molar-refractivity contribution in [2.24, 2.45) is 0 Å². The first kappa shape index (κ1) is 17.0. The molecule has 5 nitrogen and oxygen atoms in total. The van der Waals surface area contributed by atoms with Crippen molar-refractivity contribution in [1.29, 1.82) is 0 Å². The molecule has 0 radical (unpaired) electrons. The van der Waals surface area contributed by atoms with Gasteiger partial charge in [0, 0.05) is 35.9 Å². The minimum absolute atomic E-state index is 0.0950. The summed E-state index contributed by atoms with van der Waals surface area (Å²) in [7, 11) is 0. The Balaban J connectivity index is 1.54. The third-order valence-electron chi connectivity index (χ3n) is 4.39. The molecule has 1 unspecified atom stereocenters. The number of nitrogens with one attached hydrogen (secondary N) is 3. The summed E-state index contributed by atoms with van der Waals surface area (Å²) in [5.74, 6) is 0.701. The van der Waals surface area contributed by atoms with Gasteiger partial charge in [-0.2, -0.15) is 0 Å². The summed E-state index contributed by atoms with van der Waals surface area (Å²) in [6, 6.07) is 12.2. The van der Waals surface area contributed by atoms with Crippen LogP contribution in [0.4, 0.5) is 5.82 Å². The maximum atomic E-state index is 12.2. The number of pyridine rings is 1. The molecule has 0 fully saturated rings. The first-order valence-corrected chi connectivity index (χ1v) is 8.73. The summed E-state index contributed by atoms with van der Waals surface area (Å²) in [4.78, 5) is 19.8. The molecule has 0 saturated heterocycles. The van der Waals surface area contributed by atoms with Crippen LogP contribution in [0, 0.1) is 0 Å². The molecule has 1 amide bonds. The van der Waals surface area contributed by atoms with Gasteiger partial charge in [-0.25, -0.2) is 4.98 Å². The summed E-state index contributed by atoms with van der Waals surface area (Å²) in [5.41, 5.74) is 2.91. The summed E-state index contributed by atoms with van der Waals surface area (Å²) < 4.78 is 0. The van der Waals surface area contributed by atoms with E-state index in [0.29, 0.717) is 18.2 Å². The number of rotatable bonds is 7. The fourth-order valence-corrected chi connectivity index (χ4v) is 2.72. The maximum Gasteiger partial charge on any atom is 0.252 e. The van der Waals surface area contributed by atoms with E-state index in [1.54, 1.807) is 12.3 Å².